The molecule has 0 N–H and O–H groups in total. The van der Waals surface area contributed by atoms with Crippen LogP contribution in [-0.2, 0) is 0 Å². The van der Waals surface area contributed by atoms with Gasteiger partial charge in [0.25, 0.3) is 5.56 Å². The molecule has 1 heterocycles. The van der Waals surface area contributed by atoms with Gasteiger partial charge in [0.05, 0.1) is 12.5 Å². The predicted molar refractivity (Wildman–Crippen MR) is 65.1 cm³/mol. The molecule has 16 heavy (non-hydrogen) atoms. The summed E-state index contributed by atoms with van der Waals surface area (Å²) in [5.74, 6) is 0.741. The summed E-state index contributed by atoms with van der Waals surface area (Å²) in [6, 6.07) is 7.63. The predicted octanol–water partition coefficient (Wildman–Crippen LogP) is 2.59. The topological polar surface area (TPSA) is 31.2 Å². The Balaban J connectivity index is 2.82. The summed E-state index contributed by atoms with van der Waals surface area (Å²) >= 11 is 0. The van der Waals surface area contributed by atoms with Crippen LogP contribution in [0.5, 0.6) is 5.75 Å². The number of pyridine rings is 1. The molecule has 3 nitrogen and oxygen atoms in total. The molecule has 1 aromatic carbocycles. The third-order valence-corrected chi connectivity index (χ3v) is 2.71. The molecular weight excluding hydrogens is 202 g/mol. The molecule has 3 heteroatoms. The molecule has 0 spiro atoms. The maximum atomic E-state index is 12.1. The van der Waals surface area contributed by atoms with Gasteiger partial charge in [0, 0.05) is 17.6 Å². The summed E-state index contributed by atoms with van der Waals surface area (Å²) < 4.78 is 6.96. The molecule has 0 amide bonds. The number of rotatable bonds is 2. The van der Waals surface area contributed by atoms with Crippen LogP contribution in [0, 0.1) is 0 Å². The highest BCUT2D eigenvalue weighted by Crippen LogP contribution is 2.22. The van der Waals surface area contributed by atoms with E-state index in [1.165, 1.54) is 0 Å². The SMILES string of the molecule is COc1cccc2c(=O)n(C(C)C)ccc12. The maximum Gasteiger partial charge on any atom is 0.258 e. The normalized spacial score (nSPS) is 11.0. The number of fused-ring (bicyclic) bond motifs is 1. The van der Waals surface area contributed by atoms with Crippen LogP contribution in [0.4, 0.5) is 0 Å². The van der Waals surface area contributed by atoms with Crippen LogP contribution in [0.15, 0.2) is 35.3 Å². The zero-order valence-corrected chi connectivity index (χ0v) is 9.73. The summed E-state index contributed by atoms with van der Waals surface area (Å²) in [5.41, 5.74) is 0.0337. The van der Waals surface area contributed by atoms with Gasteiger partial charge >= 0.3 is 0 Å². The Bertz CT molecular complexity index is 570. The third kappa shape index (κ3) is 1.58. The van der Waals surface area contributed by atoms with Gasteiger partial charge in [0.15, 0.2) is 0 Å². The Labute approximate surface area is 94.3 Å². The van der Waals surface area contributed by atoms with Crippen LogP contribution in [-0.4, -0.2) is 11.7 Å². The maximum absolute atomic E-state index is 12.1. The average molecular weight is 217 g/mol. The second-order valence-electron chi connectivity index (χ2n) is 4.04. The van der Waals surface area contributed by atoms with Crippen LogP contribution in [0.25, 0.3) is 10.8 Å². The lowest BCUT2D eigenvalue weighted by atomic mass is 10.1. The van der Waals surface area contributed by atoms with Crippen LogP contribution in [0.1, 0.15) is 19.9 Å². The van der Waals surface area contributed by atoms with E-state index >= 15 is 0 Å². The summed E-state index contributed by atoms with van der Waals surface area (Å²) in [6.45, 7) is 3.99. The molecule has 0 aliphatic carbocycles. The Kier molecular flexibility index (Phi) is 2.69. The second kappa shape index (κ2) is 4.00. The number of ether oxygens (including phenoxy) is 1. The lowest BCUT2D eigenvalue weighted by Gasteiger charge is -2.11. The Morgan fingerprint density at radius 3 is 2.56 bits per heavy atom. The number of methoxy groups -OCH3 is 1. The molecule has 84 valence electrons. The summed E-state index contributed by atoms with van der Waals surface area (Å²) in [5, 5.41) is 1.57. The highest BCUT2D eigenvalue weighted by Gasteiger charge is 2.07. The van der Waals surface area contributed by atoms with E-state index in [2.05, 4.69) is 0 Å². The number of aromatic nitrogens is 1. The van der Waals surface area contributed by atoms with Gasteiger partial charge in [-0.15, -0.1) is 0 Å². The number of benzene rings is 1. The van der Waals surface area contributed by atoms with Gasteiger partial charge in [-0.3, -0.25) is 4.79 Å². The van der Waals surface area contributed by atoms with Crippen molar-refractivity contribution >= 4 is 10.8 Å². The van der Waals surface area contributed by atoms with Crippen molar-refractivity contribution in [3.05, 3.63) is 40.8 Å². The van der Waals surface area contributed by atoms with Crippen molar-refractivity contribution in [2.75, 3.05) is 7.11 Å². The van der Waals surface area contributed by atoms with E-state index in [-0.39, 0.29) is 11.6 Å². The van der Waals surface area contributed by atoms with E-state index in [0.717, 1.165) is 11.1 Å². The van der Waals surface area contributed by atoms with Crippen molar-refractivity contribution in [3.63, 3.8) is 0 Å². The van der Waals surface area contributed by atoms with E-state index < -0.39 is 0 Å². The summed E-state index contributed by atoms with van der Waals surface area (Å²) in [4.78, 5) is 12.1. The fourth-order valence-corrected chi connectivity index (χ4v) is 1.85. The monoisotopic (exact) mass is 217 g/mol. The molecule has 0 radical (unpaired) electrons. The highest BCUT2D eigenvalue weighted by atomic mass is 16.5. The largest absolute Gasteiger partial charge is 0.496 e. The number of nitrogens with zero attached hydrogens (tertiary/aromatic N) is 1. The zero-order chi connectivity index (χ0) is 11.7. The van der Waals surface area contributed by atoms with E-state index in [4.69, 9.17) is 4.74 Å². The fraction of sp³-hybridized carbons (Fsp3) is 0.308. The van der Waals surface area contributed by atoms with E-state index in [0.29, 0.717) is 5.39 Å². The van der Waals surface area contributed by atoms with E-state index in [1.807, 2.05) is 44.3 Å². The van der Waals surface area contributed by atoms with Gasteiger partial charge in [0.1, 0.15) is 5.75 Å². The third-order valence-electron chi connectivity index (χ3n) is 2.71. The summed E-state index contributed by atoms with van der Waals surface area (Å²) in [7, 11) is 1.61. The highest BCUT2D eigenvalue weighted by molar-refractivity contribution is 5.87. The summed E-state index contributed by atoms with van der Waals surface area (Å²) in [6.07, 6.45) is 1.82. The Morgan fingerprint density at radius 1 is 1.19 bits per heavy atom. The minimum Gasteiger partial charge on any atom is -0.496 e. The molecule has 2 rings (SSSR count). The first kappa shape index (κ1) is 10.7. The van der Waals surface area contributed by atoms with Crippen LogP contribution in [0.3, 0.4) is 0 Å². The molecule has 0 aliphatic heterocycles. The molecular formula is C13H15NO2. The van der Waals surface area contributed by atoms with Gasteiger partial charge in [-0.05, 0) is 32.0 Å². The molecule has 0 saturated heterocycles. The standard InChI is InChI=1S/C13H15NO2/c1-9(2)14-8-7-10-11(13(14)15)5-4-6-12(10)16-3/h4-9H,1-3H3. The molecule has 0 bridgehead atoms. The lowest BCUT2D eigenvalue weighted by Crippen LogP contribution is -2.21. The second-order valence-corrected chi connectivity index (χ2v) is 4.04. The molecule has 1 aromatic heterocycles. The van der Waals surface area contributed by atoms with Gasteiger partial charge < -0.3 is 9.30 Å². The minimum absolute atomic E-state index is 0.0337. The van der Waals surface area contributed by atoms with Gasteiger partial charge in [-0.1, -0.05) is 6.07 Å². The molecule has 0 fully saturated rings. The fourth-order valence-electron chi connectivity index (χ4n) is 1.85. The van der Waals surface area contributed by atoms with Crippen molar-refractivity contribution < 1.29 is 4.74 Å². The molecule has 0 saturated carbocycles. The molecule has 0 unspecified atom stereocenters. The molecule has 2 aromatic rings. The molecule has 0 aliphatic rings. The lowest BCUT2D eigenvalue weighted by molar-refractivity contribution is 0.419. The van der Waals surface area contributed by atoms with E-state index in [9.17, 15) is 4.79 Å². The zero-order valence-electron chi connectivity index (χ0n) is 9.73. The number of hydrogen-bond donors (Lipinski definition) is 0. The van der Waals surface area contributed by atoms with Crippen molar-refractivity contribution in [2.24, 2.45) is 0 Å². The smallest absolute Gasteiger partial charge is 0.258 e. The van der Waals surface area contributed by atoms with Gasteiger partial charge in [-0.25, -0.2) is 0 Å². The van der Waals surface area contributed by atoms with Crippen molar-refractivity contribution in [2.45, 2.75) is 19.9 Å². The Morgan fingerprint density at radius 2 is 1.94 bits per heavy atom. The Hall–Kier alpha value is -1.77. The average Bonchev–Trinajstić information content (AvgIpc) is 2.28. The van der Waals surface area contributed by atoms with Crippen LogP contribution in [0.2, 0.25) is 0 Å². The first-order valence-electron chi connectivity index (χ1n) is 5.33. The minimum atomic E-state index is 0.0337. The van der Waals surface area contributed by atoms with Crippen LogP contribution < -0.4 is 10.3 Å². The van der Waals surface area contributed by atoms with Crippen LogP contribution >= 0.6 is 0 Å². The van der Waals surface area contributed by atoms with Crippen molar-refractivity contribution in [3.8, 4) is 5.75 Å². The van der Waals surface area contributed by atoms with Gasteiger partial charge in [-0.2, -0.15) is 0 Å². The quantitative estimate of drug-likeness (QED) is 0.774. The van der Waals surface area contributed by atoms with Gasteiger partial charge in [0.2, 0.25) is 0 Å². The van der Waals surface area contributed by atoms with Crippen molar-refractivity contribution in [1.82, 2.24) is 4.57 Å². The van der Waals surface area contributed by atoms with E-state index in [1.54, 1.807) is 11.7 Å². The first-order valence-corrected chi connectivity index (χ1v) is 5.33. The molecule has 0 atom stereocenters. The first-order chi connectivity index (χ1) is 7.65. The number of hydrogen-bond acceptors (Lipinski definition) is 2. The van der Waals surface area contributed by atoms with Crippen molar-refractivity contribution in [1.29, 1.82) is 0 Å².